The molecule has 1 unspecified atom stereocenters. The van der Waals surface area contributed by atoms with E-state index in [-0.39, 0.29) is 23.3 Å². The van der Waals surface area contributed by atoms with Crippen molar-refractivity contribution in [2.24, 2.45) is 5.92 Å². The van der Waals surface area contributed by atoms with E-state index < -0.39 is 5.82 Å². The van der Waals surface area contributed by atoms with Crippen molar-refractivity contribution in [1.82, 2.24) is 10.3 Å². The zero-order chi connectivity index (χ0) is 15.2. The van der Waals surface area contributed by atoms with Crippen molar-refractivity contribution in [2.75, 3.05) is 12.4 Å². The first-order valence-electron chi connectivity index (χ1n) is 7.80. The van der Waals surface area contributed by atoms with Crippen molar-refractivity contribution in [3.63, 3.8) is 0 Å². The summed E-state index contributed by atoms with van der Waals surface area (Å²) in [5.41, 5.74) is 0.0589. The molecular weight excluding hydrogens is 269 g/mol. The third kappa shape index (κ3) is 3.71. The van der Waals surface area contributed by atoms with Gasteiger partial charge in [-0.25, -0.2) is 9.37 Å². The number of aromatic nitrogens is 1. The van der Waals surface area contributed by atoms with Crippen LogP contribution in [0.4, 0.5) is 10.2 Å². The van der Waals surface area contributed by atoms with E-state index >= 15 is 0 Å². The van der Waals surface area contributed by atoms with Crippen LogP contribution in [-0.4, -0.2) is 24.0 Å². The molecule has 1 aromatic rings. The van der Waals surface area contributed by atoms with Crippen LogP contribution in [0.2, 0.25) is 0 Å². The van der Waals surface area contributed by atoms with Crippen LogP contribution in [-0.2, 0) is 0 Å². The topological polar surface area (TPSA) is 54.0 Å². The predicted molar refractivity (Wildman–Crippen MR) is 81.9 cm³/mol. The molecule has 1 aliphatic rings. The molecule has 0 aromatic carbocycles. The van der Waals surface area contributed by atoms with Gasteiger partial charge in [-0.3, -0.25) is 4.79 Å². The monoisotopic (exact) mass is 293 g/mol. The molecule has 0 radical (unpaired) electrons. The second-order valence-electron chi connectivity index (χ2n) is 5.66. The lowest BCUT2D eigenvalue weighted by atomic mass is 9.83. The van der Waals surface area contributed by atoms with E-state index in [0.29, 0.717) is 5.92 Å². The molecule has 1 amide bonds. The summed E-state index contributed by atoms with van der Waals surface area (Å²) in [7, 11) is 1.59. The van der Waals surface area contributed by atoms with Gasteiger partial charge in [0.2, 0.25) is 0 Å². The molecule has 1 heterocycles. The summed E-state index contributed by atoms with van der Waals surface area (Å²) in [6.07, 6.45) is 8.37. The van der Waals surface area contributed by atoms with E-state index in [4.69, 9.17) is 0 Å². The van der Waals surface area contributed by atoms with Crippen LogP contribution in [0, 0.1) is 11.7 Å². The first-order chi connectivity index (χ1) is 10.2. The fourth-order valence-corrected chi connectivity index (χ4v) is 3.13. The quantitative estimate of drug-likeness (QED) is 0.875. The van der Waals surface area contributed by atoms with Gasteiger partial charge in [-0.2, -0.15) is 0 Å². The van der Waals surface area contributed by atoms with E-state index in [9.17, 15) is 9.18 Å². The smallest absolute Gasteiger partial charge is 0.254 e. The van der Waals surface area contributed by atoms with Crippen LogP contribution in [0.5, 0.6) is 0 Å². The van der Waals surface area contributed by atoms with Gasteiger partial charge in [-0.05, 0) is 31.2 Å². The Bertz CT molecular complexity index is 486. The molecular formula is C16H24FN3O. The molecule has 1 fully saturated rings. The predicted octanol–water partition coefficient (Wildman–Crippen LogP) is 3.35. The summed E-state index contributed by atoms with van der Waals surface area (Å²) in [5, 5.41) is 5.67. The summed E-state index contributed by atoms with van der Waals surface area (Å²) in [5.74, 6) is -0.311. The molecule has 2 N–H and O–H groups in total. The van der Waals surface area contributed by atoms with Crippen LogP contribution < -0.4 is 10.6 Å². The van der Waals surface area contributed by atoms with Gasteiger partial charge in [-0.1, -0.05) is 26.2 Å². The highest BCUT2D eigenvalue weighted by molar-refractivity contribution is 5.95. The van der Waals surface area contributed by atoms with Gasteiger partial charge in [0.15, 0.2) is 11.6 Å². The van der Waals surface area contributed by atoms with E-state index in [1.54, 1.807) is 7.05 Å². The number of halogens is 1. The fraction of sp³-hybridized carbons (Fsp3) is 0.625. The summed E-state index contributed by atoms with van der Waals surface area (Å²) in [6.45, 7) is 2.07. The van der Waals surface area contributed by atoms with E-state index in [1.165, 1.54) is 31.5 Å². The normalized spacial score (nSPS) is 17.3. The minimum absolute atomic E-state index is 0.0589. The molecule has 1 saturated carbocycles. The number of hydrogen-bond donors (Lipinski definition) is 2. The summed E-state index contributed by atoms with van der Waals surface area (Å²) in [6, 6.07) is 1.56. The van der Waals surface area contributed by atoms with Gasteiger partial charge < -0.3 is 10.6 Å². The highest BCUT2D eigenvalue weighted by Gasteiger charge is 2.25. The number of anilines is 1. The summed E-state index contributed by atoms with van der Waals surface area (Å²) in [4.78, 5) is 16.2. The summed E-state index contributed by atoms with van der Waals surface area (Å²) >= 11 is 0. The molecule has 0 aliphatic heterocycles. The number of nitrogens with zero attached hydrogens (tertiary/aromatic N) is 1. The SMILES string of the molecule is CCC(NC(=O)c1ccnc(NC)c1F)C1CCCCC1. The van der Waals surface area contributed by atoms with E-state index in [2.05, 4.69) is 22.5 Å². The Morgan fingerprint density at radius 2 is 2.14 bits per heavy atom. The van der Waals surface area contributed by atoms with Gasteiger partial charge in [-0.15, -0.1) is 0 Å². The summed E-state index contributed by atoms with van der Waals surface area (Å²) < 4.78 is 14.1. The van der Waals surface area contributed by atoms with Crippen LogP contribution >= 0.6 is 0 Å². The second-order valence-corrected chi connectivity index (χ2v) is 5.66. The number of rotatable bonds is 5. The van der Waals surface area contributed by atoms with Gasteiger partial charge in [0.1, 0.15) is 0 Å². The van der Waals surface area contributed by atoms with Crippen LogP contribution in [0.1, 0.15) is 55.8 Å². The molecule has 1 aliphatic carbocycles. The van der Waals surface area contributed by atoms with Crippen molar-refractivity contribution in [2.45, 2.75) is 51.5 Å². The van der Waals surface area contributed by atoms with Crippen molar-refractivity contribution in [3.05, 3.63) is 23.6 Å². The first kappa shape index (κ1) is 15.7. The number of nitrogens with one attached hydrogen (secondary N) is 2. The van der Waals surface area contributed by atoms with Crippen molar-refractivity contribution >= 4 is 11.7 Å². The van der Waals surface area contributed by atoms with Crippen molar-refractivity contribution in [3.8, 4) is 0 Å². The maximum atomic E-state index is 14.1. The third-order valence-electron chi connectivity index (χ3n) is 4.35. The standard InChI is InChI=1S/C16H24FN3O/c1-3-13(11-7-5-4-6-8-11)20-16(21)12-9-10-19-15(18-2)14(12)17/h9-11,13H,3-8H2,1-2H3,(H,18,19)(H,20,21). The molecule has 0 bridgehead atoms. The Balaban J connectivity index is 2.08. The average molecular weight is 293 g/mol. The Hall–Kier alpha value is -1.65. The number of hydrogen-bond acceptors (Lipinski definition) is 3. The largest absolute Gasteiger partial charge is 0.371 e. The molecule has 0 saturated heterocycles. The van der Waals surface area contributed by atoms with E-state index in [1.807, 2.05) is 0 Å². The first-order valence-corrected chi connectivity index (χ1v) is 7.80. The molecule has 21 heavy (non-hydrogen) atoms. The molecule has 1 atom stereocenters. The van der Waals surface area contributed by atoms with E-state index in [0.717, 1.165) is 19.3 Å². The highest BCUT2D eigenvalue weighted by atomic mass is 19.1. The van der Waals surface area contributed by atoms with Crippen LogP contribution in [0.15, 0.2) is 12.3 Å². The van der Waals surface area contributed by atoms with Gasteiger partial charge in [0.05, 0.1) is 5.56 Å². The van der Waals surface area contributed by atoms with Crippen LogP contribution in [0.25, 0.3) is 0 Å². The third-order valence-corrected chi connectivity index (χ3v) is 4.35. The maximum absolute atomic E-state index is 14.1. The number of amides is 1. The number of pyridine rings is 1. The Morgan fingerprint density at radius 3 is 2.76 bits per heavy atom. The minimum Gasteiger partial charge on any atom is -0.371 e. The lowest BCUT2D eigenvalue weighted by Gasteiger charge is -2.30. The molecule has 0 spiro atoms. The van der Waals surface area contributed by atoms with Crippen molar-refractivity contribution in [1.29, 1.82) is 0 Å². The number of carbonyl (C=O) groups excluding carboxylic acids is 1. The zero-order valence-corrected chi connectivity index (χ0v) is 12.8. The Morgan fingerprint density at radius 1 is 1.43 bits per heavy atom. The van der Waals surface area contributed by atoms with Crippen LogP contribution in [0.3, 0.4) is 0 Å². The lowest BCUT2D eigenvalue weighted by Crippen LogP contribution is -2.41. The highest BCUT2D eigenvalue weighted by Crippen LogP contribution is 2.28. The number of carbonyl (C=O) groups is 1. The Labute approximate surface area is 125 Å². The maximum Gasteiger partial charge on any atom is 0.254 e. The molecule has 5 heteroatoms. The second kappa shape index (κ2) is 7.38. The zero-order valence-electron chi connectivity index (χ0n) is 12.8. The molecule has 1 aromatic heterocycles. The minimum atomic E-state index is -0.587. The van der Waals surface area contributed by atoms with Gasteiger partial charge >= 0.3 is 0 Å². The lowest BCUT2D eigenvalue weighted by molar-refractivity contribution is 0.0907. The molecule has 2 rings (SSSR count). The Kier molecular flexibility index (Phi) is 5.53. The van der Waals surface area contributed by atoms with Gasteiger partial charge in [0.25, 0.3) is 5.91 Å². The van der Waals surface area contributed by atoms with Crippen molar-refractivity contribution < 1.29 is 9.18 Å². The molecule has 4 nitrogen and oxygen atoms in total. The molecule has 116 valence electrons. The average Bonchev–Trinajstić information content (AvgIpc) is 2.53. The fourth-order valence-electron chi connectivity index (χ4n) is 3.13. The van der Waals surface area contributed by atoms with Gasteiger partial charge in [0, 0.05) is 19.3 Å².